The summed E-state index contributed by atoms with van der Waals surface area (Å²) >= 11 is 0. The molecule has 0 spiro atoms. The summed E-state index contributed by atoms with van der Waals surface area (Å²) in [4.78, 5) is 0. The van der Waals surface area contributed by atoms with Crippen molar-refractivity contribution < 1.29 is 15.3 Å². The Labute approximate surface area is 112 Å². The zero-order chi connectivity index (χ0) is 13.7. The summed E-state index contributed by atoms with van der Waals surface area (Å²) in [6, 6.07) is 16.2. The predicted molar refractivity (Wildman–Crippen MR) is 74.0 cm³/mol. The highest BCUT2D eigenvalue weighted by Crippen LogP contribution is 2.14. The van der Waals surface area contributed by atoms with E-state index in [1.807, 2.05) is 30.3 Å². The van der Waals surface area contributed by atoms with Gasteiger partial charge in [0.2, 0.25) is 0 Å². The van der Waals surface area contributed by atoms with E-state index in [9.17, 15) is 15.3 Å². The minimum absolute atomic E-state index is 0.197. The zero-order valence-corrected chi connectivity index (χ0v) is 10.6. The van der Waals surface area contributed by atoms with Crippen LogP contribution in [-0.4, -0.2) is 27.5 Å². The van der Waals surface area contributed by atoms with Gasteiger partial charge in [-0.05, 0) is 23.3 Å². The largest absolute Gasteiger partial charge is 0.508 e. The average molecular weight is 258 g/mol. The van der Waals surface area contributed by atoms with E-state index in [1.54, 1.807) is 24.3 Å². The zero-order valence-electron chi connectivity index (χ0n) is 10.6. The van der Waals surface area contributed by atoms with Gasteiger partial charge in [0.05, 0.1) is 12.2 Å². The van der Waals surface area contributed by atoms with Crippen LogP contribution in [0, 0.1) is 0 Å². The lowest BCUT2D eigenvalue weighted by molar-refractivity contribution is 0.0206. The van der Waals surface area contributed by atoms with Crippen LogP contribution in [-0.2, 0) is 12.8 Å². The summed E-state index contributed by atoms with van der Waals surface area (Å²) in [7, 11) is 0. The fraction of sp³-hybridized carbons (Fsp3) is 0.250. The molecule has 2 rings (SSSR count). The monoisotopic (exact) mass is 258 g/mol. The van der Waals surface area contributed by atoms with Crippen molar-refractivity contribution in [3.63, 3.8) is 0 Å². The summed E-state index contributed by atoms with van der Waals surface area (Å²) in [5.41, 5.74) is 1.89. The first-order chi connectivity index (χ1) is 9.15. The highest BCUT2D eigenvalue weighted by molar-refractivity contribution is 5.26. The maximum atomic E-state index is 9.99. The highest BCUT2D eigenvalue weighted by atomic mass is 16.3. The third kappa shape index (κ3) is 4.09. The van der Waals surface area contributed by atoms with Crippen molar-refractivity contribution in [2.45, 2.75) is 25.0 Å². The molecular formula is C16H18O3. The van der Waals surface area contributed by atoms with Crippen LogP contribution in [0.3, 0.4) is 0 Å². The van der Waals surface area contributed by atoms with Crippen LogP contribution >= 0.6 is 0 Å². The van der Waals surface area contributed by atoms with Gasteiger partial charge in [0.1, 0.15) is 5.75 Å². The van der Waals surface area contributed by atoms with Gasteiger partial charge in [-0.15, -0.1) is 0 Å². The molecule has 0 saturated carbocycles. The quantitative estimate of drug-likeness (QED) is 0.767. The molecule has 3 N–H and O–H groups in total. The Bertz CT molecular complexity index is 493. The number of hydrogen-bond acceptors (Lipinski definition) is 3. The van der Waals surface area contributed by atoms with Crippen molar-refractivity contribution in [3.05, 3.63) is 65.7 Å². The number of aliphatic hydroxyl groups is 2. The first-order valence-electron chi connectivity index (χ1n) is 6.33. The van der Waals surface area contributed by atoms with E-state index in [0.717, 1.165) is 11.1 Å². The van der Waals surface area contributed by atoms with Crippen molar-refractivity contribution in [1.82, 2.24) is 0 Å². The van der Waals surface area contributed by atoms with Crippen LogP contribution in [0.2, 0.25) is 0 Å². The van der Waals surface area contributed by atoms with Crippen molar-refractivity contribution in [2.75, 3.05) is 0 Å². The average Bonchev–Trinajstić information content (AvgIpc) is 2.42. The number of hydrogen-bond donors (Lipinski definition) is 3. The molecular weight excluding hydrogens is 240 g/mol. The van der Waals surface area contributed by atoms with Crippen molar-refractivity contribution >= 4 is 0 Å². The third-order valence-corrected chi connectivity index (χ3v) is 3.11. The van der Waals surface area contributed by atoms with Crippen molar-refractivity contribution in [1.29, 1.82) is 0 Å². The Balaban J connectivity index is 1.92. The molecule has 2 aromatic carbocycles. The number of phenols is 1. The Hall–Kier alpha value is -1.84. The maximum absolute atomic E-state index is 9.99. The molecule has 3 heteroatoms. The molecule has 2 atom stereocenters. The Morgan fingerprint density at radius 2 is 1.16 bits per heavy atom. The molecule has 0 heterocycles. The number of rotatable bonds is 5. The van der Waals surface area contributed by atoms with Gasteiger partial charge in [0.15, 0.2) is 0 Å². The Morgan fingerprint density at radius 3 is 1.68 bits per heavy atom. The molecule has 0 amide bonds. The van der Waals surface area contributed by atoms with Gasteiger partial charge in [0.25, 0.3) is 0 Å². The lowest BCUT2D eigenvalue weighted by Gasteiger charge is -2.18. The van der Waals surface area contributed by atoms with E-state index in [2.05, 4.69) is 0 Å². The number of benzene rings is 2. The fourth-order valence-electron chi connectivity index (χ4n) is 2.00. The molecule has 0 bridgehead atoms. The second kappa shape index (κ2) is 6.36. The molecule has 0 aromatic heterocycles. The Morgan fingerprint density at radius 1 is 0.684 bits per heavy atom. The van der Waals surface area contributed by atoms with Crippen molar-refractivity contribution in [3.8, 4) is 5.75 Å². The van der Waals surface area contributed by atoms with E-state index in [1.165, 1.54) is 0 Å². The lowest BCUT2D eigenvalue weighted by Crippen LogP contribution is -2.29. The molecule has 0 aliphatic rings. The van der Waals surface area contributed by atoms with Crippen LogP contribution < -0.4 is 0 Å². The molecule has 19 heavy (non-hydrogen) atoms. The van der Waals surface area contributed by atoms with Crippen LogP contribution in [0.25, 0.3) is 0 Å². The second-order valence-electron chi connectivity index (χ2n) is 4.69. The molecule has 0 fully saturated rings. The minimum atomic E-state index is -0.815. The standard InChI is InChI=1S/C16H18O3/c17-14-8-6-13(7-9-14)11-16(19)15(18)10-12-4-2-1-3-5-12/h1-9,15-19H,10-11H2. The molecule has 0 saturated heterocycles. The van der Waals surface area contributed by atoms with Crippen LogP contribution in [0.15, 0.2) is 54.6 Å². The van der Waals surface area contributed by atoms with Crippen molar-refractivity contribution in [2.24, 2.45) is 0 Å². The summed E-state index contributed by atoms with van der Waals surface area (Å²) in [6.45, 7) is 0. The van der Waals surface area contributed by atoms with Gasteiger partial charge in [-0.25, -0.2) is 0 Å². The fourth-order valence-corrected chi connectivity index (χ4v) is 2.00. The lowest BCUT2D eigenvalue weighted by atomic mass is 9.99. The van der Waals surface area contributed by atoms with E-state index in [-0.39, 0.29) is 5.75 Å². The van der Waals surface area contributed by atoms with Gasteiger partial charge in [-0.1, -0.05) is 42.5 Å². The third-order valence-electron chi connectivity index (χ3n) is 3.11. The molecule has 0 aliphatic carbocycles. The summed E-state index contributed by atoms with van der Waals surface area (Å²) in [5.74, 6) is 0.197. The van der Waals surface area contributed by atoms with E-state index in [4.69, 9.17) is 0 Å². The molecule has 0 radical (unpaired) electrons. The summed E-state index contributed by atoms with van der Waals surface area (Å²) < 4.78 is 0. The van der Waals surface area contributed by atoms with E-state index < -0.39 is 12.2 Å². The topological polar surface area (TPSA) is 60.7 Å². The summed E-state index contributed by atoms with van der Waals surface area (Å²) in [5, 5.41) is 29.2. The van der Waals surface area contributed by atoms with E-state index >= 15 is 0 Å². The van der Waals surface area contributed by atoms with Gasteiger partial charge in [-0.3, -0.25) is 0 Å². The van der Waals surface area contributed by atoms with Crippen LogP contribution in [0.1, 0.15) is 11.1 Å². The van der Waals surface area contributed by atoms with Gasteiger partial charge in [0, 0.05) is 12.8 Å². The molecule has 2 aromatic rings. The molecule has 100 valence electrons. The number of aliphatic hydroxyl groups excluding tert-OH is 2. The normalized spacial score (nSPS) is 14.0. The van der Waals surface area contributed by atoms with Crippen LogP contribution in [0.4, 0.5) is 0 Å². The SMILES string of the molecule is Oc1ccc(CC(O)C(O)Cc2ccccc2)cc1. The van der Waals surface area contributed by atoms with Crippen LogP contribution in [0.5, 0.6) is 5.75 Å². The molecule has 0 aliphatic heterocycles. The highest BCUT2D eigenvalue weighted by Gasteiger charge is 2.17. The number of aromatic hydroxyl groups is 1. The molecule has 2 unspecified atom stereocenters. The minimum Gasteiger partial charge on any atom is -0.508 e. The van der Waals surface area contributed by atoms with Gasteiger partial charge in [-0.2, -0.15) is 0 Å². The molecule has 3 nitrogen and oxygen atoms in total. The maximum Gasteiger partial charge on any atom is 0.115 e. The predicted octanol–water partition coefficient (Wildman–Crippen LogP) is 1.90. The van der Waals surface area contributed by atoms with E-state index in [0.29, 0.717) is 12.8 Å². The number of phenolic OH excluding ortho intramolecular Hbond substituents is 1. The Kier molecular flexibility index (Phi) is 4.55. The first-order valence-corrected chi connectivity index (χ1v) is 6.33. The first kappa shape index (κ1) is 13.6. The van der Waals surface area contributed by atoms with Gasteiger partial charge < -0.3 is 15.3 Å². The van der Waals surface area contributed by atoms with Gasteiger partial charge >= 0.3 is 0 Å². The summed E-state index contributed by atoms with van der Waals surface area (Å²) in [6.07, 6.45) is -0.810. The smallest absolute Gasteiger partial charge is 0.115 e. The second-order valence-corrected chi connectivity index (χ2v) is 4.69.